The Labute approximate surface area is 89.1 Å². The number of aryl methyl sites for hydroxylation is 3. The van der Waals surface area contributed by atoms with E-state index >= 15 is 0 Å². The second-order valence-corrected chi connectivity index (χ2v) is 3.68. The average Bonchev–Trinajstić information content (AvgIpc) is 2.55. The van der Waals surface area contributed by atoms with Gasteiger partial charge >= 0.3 is 0 Å². The third kappa shape index (κ3) is 1.46. The lowest BCUT2D eigenvalue weighted by Gasteiger charge is -2.05. The lowest BCUT2D eigenvalue weighted by Crippen LogP contribution is -2.02. The van der Waals surface area contributed by atoms with Crippen LogP contribution in [0.3, 0.4) is 0 Å². The van der Waals surface area contributed by atoms with Crippen molar-refractivity contribution in [3.8, 4) is 0 Å². The van der Waals surface area contributed by atoms with Crippen molar-refractivity contribution in [1.82, 2.24) is 14.5 Å². The lowest BCUT2D eigenvalue weighted by molar-refractivity contribution is 0.786. The summed E-state index contributed by atoms with van der Waals surface area (Å²) in [6, 6.07) is 0. The second kappa shape index (κ2) is 3.53. The summed E-state index contributed by atoms with van der Waals surface area (Å²) in [5, 5.41) is 0. The molecule has 0 aliphatic carbocycles. The predicted molar refractivity (Wildman–Crippen MR) is 61.7 cm³/mol. The molecule has 0 saturated heterocycles. The van der Waals surface area contributed by atoms with Crippen LogP contribution >= 0.6 is 0 Å². The van der Waals surface area contributed by atoms with Crippen molar-refractivity contribution >= 4 is 17.0 Å². The number of nitrogens with two attached hydrogens (primary N) is 1. The van der Waals surface area contributed by atoms with Gasteiger partial charge in [-0.3, -0.25) is 0 Å². The molecule has 0 spiro atoms. The minimum absolute atomic E-state index is 0.372. The Kier molecular flexibility index (Phi) is 2.34. The topological polar surface area (TPSA) is 56.7 Å². The molecular weight excluding hydrogens is 188 g/mol. The van der Waals surface area contributed by atoms with Crippen LogP contribution in [0, 0.1) is 6.92 Å². The van der Waals surface area contributed by atoms with Crippen LogP contribution in [0.15, 0.2) is 6.20 Å². The Balaban J connectivity index is 2.86. The first-order chi connectivity index (χ1) is 7.17. The summed E-state index contributed by atoms with van der Waals surface area (Å²) in [6.07, 6.45) is 2.99. The van der Waals surface area contributed by atoms with Crippen molar-refractivity contribution in [2.75, 3.05) is 5.73 Å². The smallest absolute Gasteiger partial charge is 0.220 e. The third-order valence-electron chi connectivity index (χ3n) is 2.66. The standard InChI is InChI=1S/C11H16N4/c1-4-8-10-9(14-11(12)13-8)7(3)6-15(10)5-2/h6H,4-5H2,1-3H3,(H2,12,13,14). The number of hydrogen-bond donors (Lipinski definition) is 1. The van der Waals surface area contributed by atoms with Gasteiger partial charge in [0.05, 0.1) is 16.7 Å². The average molecular weight is 204 g/mol. The van der Waals surface area contributed by atoms with E-state index in [4.69, 9.17) is 5.73 Å². The zero-order chi connectivity index (χ0) is 11.0. The molecule has 0 bridgehead atoms. The molecule has 2 rings (SSSR count). The van der Waals surface area contributed by atoms with E-state index in [0.717, 1.165) is 35.3 Å². The molecule has 0 fully saturated rings. The summed E-state index contributed by atoms with van der Waals surface area (Å²) >= 11 is 0. The minimum Gasteiger partial charge on any atom is -0.368 e. The number of hydrogen-bond acceptors (Lipinski definition) is 3. The van der Waals surface area contributed by atoms with Crippen LogP contribution in [0.1, 0.15) is 25.1 Å². The van der Waals surface area contributed by atoms with Gasteiger partial charge in [-0.1, -0.05) is 6.92 Å². The van der Waals surface area contributed by atoms with Crippen LogP contribution in [0.25, 0.3) is 11.0 Å². The van der Waals surface area contributed by atoms with Gasteiger partial charge in [0.25, 0.3) is 0 Å². The molecule has 0 aromatic carbocycles. The maximum Gasteiger partial charge on any atom is 0.220 e. The SMILES string of the molecule is CCc1nc(N)nc2c(C)cn(CC)c12. The van der Waals surface area contributed by atoms with Gasteiger partial charge in [0.2, 0.25) is 5.95 Å². The monoisotopic (exact) mass is 204 g/mol. The maximum atomic E-state index is 5.69. The summed E-state index contributed by atoms with van der Waals surface area (Å²) in [6.45, 7) is 7.20. The van der Waals surface area contributed by atoms with Crippen LogP contribution in [-0.4, -0.2) is 14.5 Å². The number of fused-ring (bicyclic) bond motifs is 1. The number of nitrogens with zero attached hydrogens (tertiary/aromatic N) is 3. The highest BCUT2D eigenvalue weighted by Crippen LogP contribution is 2.22. The highest BCUT2D eigenvalue weighted by atomic mass is 15.1. The van der Waals surface area contributed by atoms with Gasteiger partial charge in [0.15, 0.2) is 0 Å². The fraction of sp³-hybridized carbons (Fsp3) is 0.455. The predicted octanol–water partition coefficient (Wildman–Crippen LogP) is 1.90. The highest BCUT2D eigenvalue weighted by Gasteiger charge is 2.11. The van der Waals surface area contributed by atoms with Crippen LogP contribution in [0.2, 0.25) is 0 Å². The Morgan fingerprint density at radius 1 is 1.33 bits per heavy atom. The highest BCUT2D eigenvalue weighted by molar-refractivity contribution is 5.82. The molecule has 0 atom stereocenters. The first kappa shape index (κ1) is 9.96. The molecule has 0 radical (unpaired) electrons. The van der Waals surface area contributed by atoms with Gasteiger partial charge < -0.3 is 10.3 Å². The van der Waals surface area contributed by atoms with E-state index in [1.165, 1.54) is 0 Å². The molecule has 15 heavy (non-hydrogen) atoms. The molecule has 0 aliphatic heterocycles. The summed E-state index contributed by atoms with van der Waals surface area (Å²) < 4.78 is 2.18. The van der Waals surface area contributed by atoms with Crippen LogP contribution < -0.4 is 5.73 Å². The van der Waals surface area contributed by atoms with Crippen molar-refractivity contribution in [3.63, 3.8) is 0 Å². The van der Waals surface area contributed by atoms with Gasteiger partial charge in [-0.05, 0) is 25.8 Å². The first-order valence-corrected chi connectivity index (χ1v) is 5.29. The summed E-state index contributed by atoms with van der Waals surface area (Å²) in [5.41, 5.74) is 10.0. The van der Waals surface area contributed by atoms with E-state index in [0.29, 0.717) is 5.95 Å². The Morgan fingerprint density at radius 2 is 2.07 bits per heavy atom. The molecular formula is C11H16N4. The molecule has 2 aromatic rings. The normalized spacial score (nSPS) is 11.1. The van der Waals surface area contributed by atoms with Crippen LogP contribution in [0.5, 0.6) is 0 Å². The largest absolute Gasteiger partial charge is 0.368 e. The summed E-state index contributed by atoms with van der Waals surface area (Å²) in [5.74, 6) is 0.372. The molecule has 80 valence electrons. The van der Waals surface area contributed by atoms with Gasteiger partial charge in [0.1, 0.15) is 0 Å². The van der Waals surface area contributed by atoms with Crippen molar-refractivity contribution in [2.45, 2.75) is 33.7 Å². The van der Waals surface area contributed by atoms with Crippen molar-refractivity contribution in [2.24, 2.45) is 0 Å². The molecule has 2 N–H and O–H groups in total. The quantitative estimate of drug-likeness (QED) is 0.812. The Hall–Kier alpha value is -1.58. The molecule has 2 heterocycles. The fourth-order valence-electron chi connectivity index (χ4n) is 1.95. The Bertz CT molecular complexity index is 499. The third-order valence-corrected chi connectivity index (χ3v) is 2.66. The maximum absolute atomic E-state index is 5.69. The summed E-state index contributed by atoms with van der Waals surface area (Å²) in [4.78, 5) is 8.59. The van der Waals surface area contributed by atoms with Gasteiger partial charge in [-0.25, -0.2) is 9.97 Å². The van der Waals surface area contributed by atoms with E-state index in [-0.39, 0.29) is 0 Å². The van der Waals surface area contributed by atoms with E-state index < -0.39 is 0 Å². The second-order valence-electron chi connectivity index (χ2n) is 3.68. The van der Waals surface area contributed by atoms with Crippen molar-refractivity contribution < 1.29 is 0 Å². The van der Waals surface area contributed by atoms with E-state index in [1.807, 2.05) is 0 Å². The van der Waals surface area contributed by atoms with Gasteiger partial charge in [-0.2, -0.15) is 0 Å². The molecule has 2 aromatic heterocycles. The lowest BCUT2D eigenvalue weighted by atomic mass is 10.2. The number of aromatic nitrogens is 3. The van der Waals surface area contributed by atoms with E-state index in [1.54, 1.807) is 0 Å². The molecule has 0 unspecified atom stereocenters. The zero-order valence-corrected chi connectivity index (χ0v) is 9.41. The first-order valence-electron chi connectivity index (χ1n) is 5.29. The number of nitrogen functional groups attached to an aromatic ring is 1. The molecule has 4 heteroatoms. The zero-order valence-electron chi connectivity index (χ0n) is 9.41. The molecule has 0 saturated carbocycles. The van der Waals surface area contributed by atoms with Gasteiger partial charge in [0, 0.05) is 12.7 Å². The van der Waals surface area contributed by atoms with Crippen LogP contribution in [-0.2, 0) is 13.0 Å². The fourth-order valence-corrected chi connectivity index (χ4v) is 1.95. The van der Waals surface area contributed by atoms with E-state index in [2.05, 4.69) is 41.5 Å². The van der Waals surface area contributed by atoms with Crippen molar-refractivity contribution in [3.05, 3.63) is 17.5 Å². The molecule has 0 aliphatic rings. The number of anilines is 1. The molecule has 0 amide bonds. The molecule has 4 nitrogen and oxygen atoms in total. The van der Waals surface area contributed by atoms with Crippen LogP contribution in [0.4, 0.5) is 5.95 Å². The Morgan fingerprint density at radius 3 is 2.67 bits per heavy atom. The van der Waals surface area contributed by atoms with Crippen molar-refractivity contribution in [1.29, 1.82) is 0 Å². The summed E-state index contributed by atoms with van der Waals surface area (Å²) in [7, 11) is 0. The van der Waals surface area contributed by atoms with Gasteiger partial charge in [-0.15, -0.1) is 0 Å². The minimum atomic E-state index is 0.372. The van der Waals surface area contributed by atoms with E-state index in [9.17, 15) is 0 Å². The number of rotatable bonds is 2.